The van der Waals surface area contributed by atoms with E-state index in [-0.39, 0.29) is 5.54 Å². The standard InChI is InChI=1S/C20H28N2O6/c1-20(2,3)22-14(12-13-10-8-7-9-11-13)21-16(19(25)28-6)15(17(23)26-4)18(24)27-5/h7-11,15-16H,12H2,1-6H3,(H,21,22). The van der Waals surface area contributed by atoms with E-state index >= 15 is 0 Å². The number of methoxy groups -OCH3 is 3. The fourth-order valence-corrected chi connectivity index (χ4v) is 2.50. The third-order valence-corrected chi connectivity index (χ3v) is 3.70. The second-order valence-electron chi connectivity index (χ2n) is 7.11. The lowest BCUT2D eigenvalue weighted by atomic mass is 9.99. The second-order valence-corrected chi connectivity index (χ2v) is 7.11. The van der Waals surface area contributed by atoms with Crippen molar-refractivity contribution in [2.24, 2.45) is 10.9 Å². The fraction of sp³-hybridized carbons (Fsp3) is 0.500. The third-order valence-electron chi connectivity index (χ3n) is 3.70. The van der Waals surface area contributed by atoms with E-state index in [4.69, 9.17) is 4.74 Å². The molecule has 0 radical (unpaired) electrons. The van der Waals surface area contributed by atoms with Gasteiger partial charge in [-0.1, -0.05) is 30.3 Å². The van der Waals surface area contributed by atoms with Crippen LogP contribution in [0.4, 0.5) is 0 Å². The van der Waals surface area contributed by atoms with Gasteiger partial charge in [-0.3, -0.25) is 14.6 Å². The Morgan fingerprint density at radius 1 is 0.929 bits per heavy atom. The molecule has 0 aromatic heterocycles. The Bertz CT molecular complexity index is 693. The average Bonchev–Trinajstić information content (AvgIpc) is 2.65. The fourth-order valence-electron chi connectivity index (χ4n) is 2.50. The lowest BCUT2D eigenvalue weighted by Crippen LogP contribution is -2.46. The molecule has 154 valence electrons. The summed E-state index contributed by atoms with van der Waals surface area (Å²) in [6, 6.07) is 8.02. The summed E-state index contributed by atoms with van der Waals surface area (Å²) in [5, 5.41) is 3.22. The first-order chi connectivity index (χ1) is 13.1. The SMILES string of the molecule is COC(=O)C(N=C(Cc1ccccc1)NC(C)(C)C)C(C(=O)OC)C(=O)OC. The van der Waals surface area contributed by atoms with Gasteiger partial charge in [0, 0.05) is 12.0 Å². The Hall–Kier alpha value is -2.90. The van der Waals surface area contributed by atoms with Crippen LogP contribution < -0.4 is 5.32 Å². The number of aliphatic imine (C=N–C) groups is 1. The van der Waals surface area contributed by atoms with E-state index in [1.165, 1.54) is 0 Å². The van der Waals surface area contributed by atoms with Crippen LogP contribution in [0.3, 0.4) is 0 Å². The molecule has 0 spiro atoms. The van der Waals surface area contributed by atoms with Gasteiger partial charge in [-0.25, -0.2) is 4.79 Å². The number of hydrogen-bond donors (Lipinski definition) is 1. The van der Waals surface area contributed by atoms with Crippen molar-refractivity contribution in [1.82, 2.24) is 5.32 Å². The minimum Gasteiger partial charge on any atom is -0.468 e. The third kappa shape index (κ3) is 7.02. The summed E-state index contributed by atoms with van der Waals surface area (Å²) < 4.78 is 14.1. The van der Waals surface area contributed by atoms with Crippen LogP contribution in [-0.2, 0) is 35.0 Å². The van der Waals surface area contributed by atoms with Crippen LogP contribution in [0, 0.1) is 5.92 Å². The smallest absolute Gasteiger partial charge is 0.332 e. The molecule has 1 N–H and O–H groups in total. The maximum atomic E-state index is 12.4. The number of carbonyl (C=O) groups excluding carboxylic acids is 3. The monoisotopic (exact) mass is 392 g/mol. The molecule has 8 heteroatoms. The van der Waals surface area contributed by atoms with Crippen LogP contribution in [-0.4, -0.2) is 56.7 Å². The van der Waals surface area contributed by atoms with Crippen molar-refractivity contribution in [3.05, 3.63) is 35.9 Å². The van der Waals surface area contributed by atoms with Gasteiger partial charge in [-0.05, 0) is 26.3 Å². The molecule has 1 aromatic rings. The molecule has 1 rings (SSSR count). The van der Waals surface area contributed by atoms with E-state index in [1.54, 1.807) is 0 Å². The highest BCUT2D eigenvalue weighted by Crippen LogP contribution is 2.16. The summed E-state index contributed by atoms with van der Waals surface area (Å²) >= 11 is 0. The second kappa shape index (κ2) is 10.4. The zero-order chi connectivity index (χ0) is 21.3. The summed E-state index contributed by atoms with van der Waals surface area (Å²) in [5.41, 5.74) is 0.564. The molecular weight excluding hydrogens is 364 g/mol. The molecule has 0 amide bonds. The lowest BCUT2D eigenvalue weighted by Gasteiger charge is -2.26. The van der Waals surface area contributed by atoms with E-state index in [0.717, 1.165) is 26.9 Å². The average molecular weight is 392 g/mol. The minimum absolute atomic E-state index is 0.362. The van der Waals surface area contributed by atoms with E-state index in [0.29, 0.717) is 12.3 Å². The largest absolute Gasteiger partial charge is 0.468 e. The van der Waals surface area contributed by atoms with Gasteiger partial charge in [0.05, 0.1) is 21.3 Å². The summed E-state index contributed by atoms with van der Waals surface area (Å²) in [4.78, 5) is 41.1. The number of esters is 3. The van der Waals surface area contributed by atoms with Crippen molar-refractivity contribution >= 4 is 23.7 Å². The van der Waals surface area contributed by atoms with Crippen molar-refractivity contribution < 1.29 is 28.6 Å². The quantitative estimate of drug-likeness (QED) is 0.247. The van der Waals surface area contributed by atoms with Crippen molar-refractivity contribution in [3.63, 3.8) is 0 Å². The van der Waals surface area contributed by atoms with Crippen LogP contribution in [0.15, 0.2) is 35.3 Å². The van der Waals surface area contributed by atoms with Gasteiger partial charge < -0.3 is 19.5 Å². The molecule has 0 saturated heterocycles. The highest BCUT2D eigenvalue weighted by Gasteiger charge is 2.42. The first-order valence-corrected chi connectivity index (χ1v) is 8.75. The molecule has 0 aliphatic heterocycles. The van der Waals surface area contributed by atoms with Gasteiger partial charge in [0.1, 0.15) is 5.84 Å². The summed E-state index contributed by atoms with van der Waals surface area (Å²) in [6.45, 7) is 5.79. The summed E-state index contributed by atoms with van der Waals surface area (Å²) in [6.07, 6.45) is 0.362. The zero-order valence-electron chi connectivity index (χ0n) is 17.1. The number of ether oxygens (including phenoxy) is 3. The number of nitrogens with one attached hydrogen (secondary N) is 1. The lowest BCUT2D eigenvalue weighted by molar-refractivity contribution is -0.164. The number of hydrogen-bond acceptors (Lipinski definition) is 7. The summed E-state index contributed by atoms with van der Waals surface area (Å²) in [7, 11) is 3.40. The van der Waals surface area contributed by atoms with Crippen LogP contribution in [0.25, 0.3) is 0 Å². The number of benzene rings is 1. The van der Waals surface area contributed by atoms with E-state index in [1.807, 2.05) is 51.1 Å². The van der Waals surface area contributed by atoms with Gasteiger partial charge in [-0.2, -0.15) is 0 Å². The van der Waals surface area contributed by atoms with Gasteiger partial charge in [0.2, 0.25) is 0 Å². The minimum atomic E-state index is -1.57. The predicted molar refractivity (Wildman–Crippen MR) is 104 cm³/mol. The van der Waals surface area contributed by atoms with E-state index < -0.39 is 29.9 Å². The molecule has 1 aromatic carbocycles. The number of carbonyl (C=O) groups is 3. The van der Waals surface area contributed by atoms with Gasteiger partial charge in [0.15, 0.2) is 12.0 Å². The Labute approximate surface area is 165 Å². The Morgan fingerprint density at radius 2 is 1.43 bits per heavy atom. The molecule has 0 fully saturated rings. The topological polar surface area (TPSA) is 103 Å². The Morgan fingerprint density at radius 3 is 1.86 bits per heavy atom. The number of nitrogens with zero attached hydrogens (tertiary/aromatic N) is 1. The van der Waals surface area contributed by atoms with Crippen molar-refractivity contribution in [3.8, 4) is 0 Å². The molecular formula is C20H28N2O6. The van der Waals surface area contributed by atoms with E-state index in [2.05, 4.69) is 19.8 Å². The van der Waals surface area contributed by atoms with Crippen LogP contribution in [0.1, 0.15) is 26.3 Å². The first-order valence-electron chi connectivity index (χ1n) is 8.75. The highest BCUT2D eigenvalue weighted by molar-refractivity contribution is 6.01. The van der Waals surface area contributed by atoms with Gasteiger partial charge >= 0.3 is 17.9 Å². The van der Waals surface area contributed by atoms with Crippen molar-refractivity contribution in [2.75, 3.05) is 21.3 Å². The normalized spacial score (nSPS) is 12.9. The maximum absolute atomic E-state index is 12.4. The molecule has 0 aliphatic carbocycles. The van der Waals surface area contributed by atoms with Crippen LogP contribution in [0.2, 0.25) is 0 Å². The molecule has 1 unspecified atom stereocenters. The molecule has 0 saturated carbocycles. The Balaban J connectivity index is 3.42. The molecule has 0 heterocycles. The first kappa shape index (κ1) is 23.1. The molecule has 0 aliphatic rings. The number of rotatable bonds is 7. The molecule has 28 heavy (non-hydrogen) atoms. The predicted octanol–water partition coefficient (Wildman–Crippen LogP) is 1.52. The van der Waals surface area contributed by atoms with Crippen LogP contribution in [0.5, 0.6) is 0 Å². The molecule has 8 nitrogen and oxygen atoms in total. The van der Waals surface area contributed by atoms with Crippen molar-refractivity contribution in [2.45, 2.75) is 38.8 Å². The van der Waals surface area contributed by atoms with Gasteiger partial charge in [0.25, 0.3) is 0 Å². The number of amidine groups is 1. The Kier molecular flexibility index (Phi) is 8.63. The zero-order valence-corrected chi connectivity index (χ0v) is 17.1. The van der Waals surface area contributed by atoms with Crippen molar-refractivity contribution in [1.29, 1.82) is 0 Å². The summed E-state index contributed by atoms with van der Waals surface area (Å²) in [5.74, 6) is -3.86. The van der Waals surface area contributed by atoms with Crippen LogP contribution >= 0.6 is 0 Å². The maximum Gasteiger partial charge on any atom is 0.332 e. The van der Waals surface area contributed by atoms with E-state index in [9.17, 15) is 14.4 Å². The molecule has 0 bridgehead atoms. The molecule has 1 atom stereocenters. The highest BCUT2D eigenvalue weighted by atomic mass is 16.5. The van der Waals surface area contributed by atoms with Gasteiger partial charge in [-0.15, -0.1) is 0 Å².